The van der Waals surface area contributed by atoms with Gasteiger partial charge in [0.25, 0.3) is 0 Å². The lowest BCUT2D eigenvalue weighted by Gasteiger charge is -2.03. The van der Waals surface area contributed by atoms with Crippen LogP contribution in [0.4, 0.5) is 0 Å². The molecule has 0 fully saturated rings. The quantitative estimate of drug-likeness (QED) is 0.454. The van der Waals surface area contributed by atoms with E-state index in [0.717, 1.165) is 12.1 Å². The van der Waals surface area contributed by atoms with E-state index in [-0.39, 0.29) is 0 Å². The highest BCUT2D eigenvalue weighted by Crippen LogP contribution is 2.01. The normalized spacial score (nSPS) is 13.0. The third-order valence-electron chi connectivity index (χ3n) is 1.34. The maximum absolute atomic E-state index is 4.65. The first-order valence-corrected chi connectivity index (χ1v) is 3.93. The summed E-state index contributed by atoms with van der Waals surface area (Å²) in [6.45, 7) is 8.01. The molecule has 64 valence electrons. The van der Waals surface area contributed by atoms with Gasteiger partial charge in [0.2, 0.25) is 0 Å². The number of oxime groups is 2. The van der Waals surface area contributed by atoms with Crippen LogP contribution in [0.3, 0.4) is 0 Å². The van der Waals surface area contributed by atoms with Crippen LogP contribution in [0.15, 0.2) is 10.3 Å². The zero-order chi connectivity index (χ0) is 8.69. The van der Waals surface area contributed by atoms with Crippen LogP contribution in [0.1, 0.15) is 34.1 Å². The zero-order valence-corrected chi connectivity index (χ0v) is 7.66. The Kier molecular flexibility index (Phi) is 5.43. The van der Waals surface area contributed by atoms with E-state index in [2.05, 4.69) is 36.0 Å². The van der Waals surface area contributed by atoms with Gasteiger partial charge in [0.1, 0.15) is 0 Å². The molecule has 11 heavy (non-hydrogen) atoms. The first-order chi connectivity index (χ1) is 5.22. The van der Waals surface area contributed by atoms with E-state index in [1.807, 2.05) is 0 Å². The van der Waals surface area contributed by atoms with Crippen LogP contribution in [0.2, 0.25) is 0 Å². The number of hydrogen-bond acceptors (Lipinski definition) is 3. The Bertz CT molecular complexity index is 150. The predicted molar refractivity (Wildman–Crippen MR) is 47.8 cm³/mol. The summed E-state index contributed by atoms with van der Waals surface area (Å²) in [5.41, 5.74) is 1.04. The summed E-state index contributed by atoms with van der Waals surface area (Å²) in [6, 6.07) is 0. The number of nitrogens with zero attached hydrogens (tertiary/aromatic N) is 2. The molecule has 0 bridgehead atoms. The Morgan fingerprint density at radius 1 is 1.55 bits per heavy atom. The average molecular weight is 156 g/mol. The minimum Gasteiger partial charge on any atom is -0.245 e. The molecule has 0 rings (SSSR count). The molecule has 3 nitrogen and oxygen atoms in total. The highest BCUT2D eigenvalue weighted by atomic mass is 16.8. The Balaban J connectivity index is 3.90. The molecule has 0 spiro atoms. The fourth-order valence-corrected chi connectivity index (χ4v) is 0.701. The fraction of sp³-hybridized carbons (Fsp3) is 0.750. The summed E-state index contributed by atoms with van der Waals surface area (Å²) in [5, 5.41) is 7.38. The largest absolute Gasteiger partial charge is 0.245 e. The van der Waals surface area contributed by atoms with E-state index in [1.165, 1.54) is 0 Å². The molecule has 3 heteroatoms. The molecule has 0 atom stereocenters. The molecule has 0 saturated heterocycles. The fourth-order valence-electron chi connectivity index (χ4n) is 0.701. The second-order valence-electron chi connectivity index (χ2n) is 2.54. The van der Waals surface area contributed by atoms with Crippen molar-refractivity contribution < 1.29 is 4.94 Å². The first-order valence-electron chi connectivity index (χ1n) is 3.93. The van der Waals surface area contributed by atoms with Gasteiger partial charge in [-0.1, -0.05) is 31.1 Å². The van der Waals surface area contributed by atoms with Gasteiger partial charge in [0.15, 0.2) is 0 Å². The van der Waals surface area contributed by atoms with Crippen LogP contribution in [0.25, 0.3) is 0 Å². The van der Waals surface area contributed by atoms with E-state index in [0.29, 0.717) is 5.92 Å². The Morgan fingerprint density at radius 2 is 2.18 bits per heavy atom. The summed E-state index contributed by atoms with van der Waals surface area (Å²) >= 11 is 0. The van der Waals surface area contributed by atoms with E-state index >= 15 is 0 Å². The summed E-state index contributed by atoms with van der Waals surface area (Å²) in [4.78, 5) is 4.65. The minimum absolute atomic E-state index is 0.437. The lowest BCUT2D eigenvalue weighted by molar-refractivity contribution is 0.155. The molecular weight excluding hydrogens is 140 g/mol. The van der Waals surface area contributed by atoms with E-state index in [9.17, 15) is 0 Å². The summed E-state index contributed by atoms with van der Waals surface area (Å²) < 4.78 is 0. The summed E-state index contributed by atoms with van der Waals surface area (Å²) in [5.74, 6) is 0.437. The van der Waals surface area contributed by atoms with Gasteiger partial charge in [-0.25, -0.2) is 4.94 Å². The van der Waals surface area contributed by atoms with Crippen molar-refractivity contribution in [1.29, 1.82) is 0 Å². The highest BCUT2D eigenvalue weighted by molar-refractivity contribution is 5.85. The monoisotopic (exact) mass is 156 g/mol. The molecule has 0 N–H and O–H groups in total. The molecule has 0 aliphatic heterocycles. The van der Waals surface area contributed by atoms with Crippen molar-refractivity contribution in [2.75, 3.05) is 0 Å². The molecule has 0 aromatic rings. The van der Waals surface area contributed by atoms with E-state index in [4.69, 9.17) is 0 Å². The second-order valence-corrected chi connectivity index (χ2v) is 2.54. The molecular formula is C8H16N2O. The van der Waals surface area contributed by atoms with Crippen molar-refractivity contribution in [3.63, 3.8) is 0 Å². The van der Waals surface area contributed by atoms with E-state index in [1.54, 1.807) is 13.1 Å². The van der Waals surface area contributed by atoms with Crippen molar-refractivity contribution in [3.05, 3.63) is 0 Å². The van der Waals surface area contributed by atoms with Crippen LogP contribution in [0.5, 0.6) is 0 Å². The molecule has 0 aliphatic carbocycles. The van der Waals surface area contributed by atoms with Gasteiger partial charge in [-0.2, -0.15) is 0 Å². The lowest BCUT2D eigenvalue weighted by atomic mass is 10.1. The van der Waals surface area contributed by atoms with Crippen LogP contribution in [0, 0.1) is 5.92 Å². The van der Waals surface area contributed by atoms with Gasteiger partial charge in [0, 0.05) is 6.21 Å². The smallest absolute Gasteiger partial charge is 0.0627 e. The Hall–Kier alpha value is -0.860. The second kappa shape index (κ2) is 5.89. The van der Waals surface area contributed by atoms with Crippen molar-refractivity contribution in [3.8, 4) is 0 Å². The molecule has 0 unspecified atom stereocenters. The number of rotatable bonds is 4. The number of hydrogen-bond donors (Lipinski definition) is 0. The molecule has 0 aromatic heterocycles. The Labute approximate surface area is 68.1 Å². The van der Waals surface area contributed by atoms with Gasteiger partial charge in [-0.15, -0.1) is 0 Å². The molecule has 0 heterocycles. The highest BCUT2D eigenvalue weighted by Gasteiger charge is 2.01. The van der Waals surface area contributed by atoms with Crippen molar-refractivity contribution in [1.82, 2.24) is 0 Å². The van der Waals surface area contributed by atoms with Gasteiger partial charge < -0.3 is 0 Å². The SMILES string of the molecule is C/C=N\O/N=C(\CC)C(C)C. The standard InChI is InChI=1S/C8H16N2O/c1-5-8(7(3)4)10-11-9-6-2/h6-7H,5H2,1-4H3/b9-6-,10-8+. The van der Waals surface area contributed by atoms with E-state index < -0.39 is 0 Å². The van der Waals surface area contributed by atoms with Crippen LogP contribution in [-0.2, 0) is 4.94 Å². The average Bonchev–Trinajstić information content (AvgIpc) is 1.97. The molecule has 0 aromatic carbocycles. The maximum atomic E-state index is 4.65. The topological polar surface area (TPSA) is 34.0 Å². The third kappa shape index (κ3) is 4.53. The summed E-state index contributed by atoms with van der Waals surface area (Å²) in [7, 11) is 0. The van der Waals surface area contributed by atoms with Crippen molar-refractivity contribution in [2.24, 2.45) is 16.2 Å². The Morgan fingerprint density at radius 3 is 2.55 bits per heavy atom. The van der Waals surface area contributed by atoms with Crippen molar-refractivity contribution >= 4 is 11.9 Å². The summed E-state index contributed by atoms with van der Waals surface area (Å²) in [6.07, 6.45) is 2.48. The van der Waals surface area contributed by atoms with Gasteiger partial charge in [-0.3, -0.25) is 0 Å². The molecule has 0 radical (unpaired) electrons. The van der Waals surface area contributed by atoms with Crippen LogP contribution >= 0.6 is 0 Å². The predicted octanol–water partition coefficient (Wildman–Crippen LogP) is 2.43. The maximum Gasteiger partial charge on any atom is 0.0627 e. The zero-order valence-electron chi connectivity index (χ0n) is 7.66. The first kappa shape index (κ1) is 10.1. The third-order valence-corrected chi connectivity index (χ3v) is 1.34. The van der Waals surface area contributed by atoms with Crippen LogP contribution < -0.4 is 0 Å². The minimum atomic E-state index is 0.437. The van der Waals surface area contributed by atoms with Crippen molar-refractivity contribution in [2.45, 2.75) is 34.1 Å². The molecule has 0 saturated carbocycles. The molecule has 0 aliphatic rings. The van der Waals surface area contributed by atoms with Gasteiger partial charge in [-0.05, 0) is 19.3 Å². The van der Waals surface area contributed by atoms with Gasteiger partial charge in [0.05, 0.1) is 5.71 Å². The van der Waals surface area contributed by atoms with Crippen LogP contribution in [-0.4, -0.2) is 11.9 Å². The van der Waals surface area contributed by atoms with Gasteiger partial charge >= 0.3 is 0 Å². The molecule has 0 amide bonds. The lowest BCUT2D eigenvalue weighted by Crippen LogP contribution is -2.05.